The van der Waals surface area contributed by atoms with Crippen LogP contribution >= 0.6 is 0 Å². The molecule has 0 heterocycles. The Morgan fingerprint density at radius 1 is 0.302 bits per heavy atom. The Bertz CT molecular complexity index is 2280. The summed E-state index contributed by atoms with van der Waals surface area (Å²) in [5.74, 6) is 5.54. The quantitative estimate of drug-likeness (QED) is 0.129. The molecule has 328 valence electrons. The van der Waals surface area contributed by atoms with Crippen molar-refractivity contribution in [2.45, 2.75) is 13.8 Å². The van der Waals surface area contributed by atoms with E-state index < -0.39 is 0 Å². The van der Waals surface area contributed by atoms with Crippen molar-refractivity contribution in [3.8, 4) is 57.5 Å². The van der Waals surface area contributed by atoms with E-state index in [2.05, 4.69) is 0 Å². The van der Waals surface area contributed by atoms with E-state index in [1.807, 2.05) is 159 Å². The maximum Gasteiger partial charge on any atom is 0.163 e. The number of benzene rings is 8. The molecule has 9 nitrogen and oxygen atoms in total. The SMILES string of the molecule is COc1cccc(C)c1.COc1cccc(C)c1OC.COc1ccccc1.Oc1cccc(O)c1.Oc1cccc(Oc2ccccc2)c1.Oc1ccccc1.c1ccccc1. The van der Waals surface area contributed by atoms with Crippen LogP contribution in [0.5, 0.6) is 57.5 Å². The zero-order chi connectivity index (χ0) is 45.9. The van der Waals surface area contributed by atoms with Crippen molar-refractivity contribution in [2.75, 3.05) is 28.4 Å². The number of phenolic OH excluding ortho intramolecular Hbond substituents is 4. The van der Waals surface area contributed by atoms with Crippen molar-refractivity contribution in [1.82, 2.24) is 0 Å². The van der Waals surface area contributed by atoms with Gasteiger partial charge in [0.15, 0.2) is 11.5 Å². The summed E-state index contributed by atoms with van der Waals surface area (Å²) in [7, 11) is 6.62. The first-order chi connectivity index (χ1) is 30.6. The third-order valence-electron chi connectivity index (χ3n) is 7.85. The highest BCUT2D eigenvalue weighted by atomic mass is 16.5. The number of para-hydroxylation sites is 4. The number of hydrogen-bond acceptors (Lipinski definition) is 9. The molecule has 0 unspecified atom stereocenters. The Kier molecular flexibility index (Phi) is 25.8. The number of methoxy groups -OCH3 is 4. The van der Waals surface area contributed by atoms with Gasteiger partial charge in [-0.1, -0.05) is 127 Å². The van der Waals surface area contributed by atoms with E-state index in [-0.39, 0.29) is 17.2 Å². The summed E-state index contributed by atoms with van der Waals surface area (Å²) in [5.41, 5.74) is 2.32. The molecule has 0 fully saturated rings. The van der Waals surface area contributed by atoms with E-state index >= 15 is 0 Å². The molecule has 0 aliphatic rings. The topological polar surface area (TPSA) is 127 Å². The molecule has 0 amide bonds. The van der Waals surface area contributed by atoms with E-state index in [1.54, 1.807) is 83.0 Å². The van der Waals surface area contributed by atoms with E-state index in [9.17, 15) is 5.11 Å². The van der Waals surface area contributed by atoms with Gasteiger partial charge in [-0.25, -0.2) is 0 Å². The number of aryl methyl sites for hydroxylation is 2. The summed E-state index contributed by atoms with van der Waals surface area (Å²) in [6.07, 6.45) is 0. The average Bonchev–Trinajstić information content (AvgIpc) is 3.31. The lowest BCUT2D eigenvalue weighted by molar-refractivity contribution is 0.353. The van der Waals surface area contributed by atoms with Gasteiger partial charge < -0.3 is 44.1 Å². The van der Waals surface area contributed by atoms with Gasteiger partial charge in [-0.2, -0.15) is 0 Å². The summed E-state index contributed by atoms with van der Waals surface area (Å²) < 4.78 is 25.6. The molecule has 9 heteroatoms. The molecule has 8 aromatic rings. The lowest BCUT2D eigenvalue weighted by Gasteiger charge is -2.08. The van der Waals surface area contributed by atoms with Crippen molar-refractivity contribution in [3.05, 3.63) is 230 Å². The highest BCUT2D eigenvalue weighted by Crippen LogP contribution is 2.29. The number of rotatable bonds is 6. The largest absolute Gasteiger partial charge is 0.508 e. The zero-order valence-electron chi connectivity index (χ0n) is 36.6. The molecule has 0 bridgehead atoms. The predicted octanol–water partition coefficient (Wildman–Crippen LogP) is 13.1. The Morgan fingerprint density at radius 3 is 1.06 bits per heavy atom. The summed E-state index contributed by atoms with van der Waals surface area (Å²) in [6, 6.07) is 66.2. The van der Waals surface area contributed by atoms with E-state index in [0.717, 1.165) is 34.3 Å². The lowest BCUT2D eigenvalue weighted by Crippen LogP contribution is -1.91. The lowest BCUT2D eigenvalue weighted by atomic mass is 10.2. The summed E-state index contributed by atoms with van der Waals surface area (Å²) in [6.45, 7) is 4.03. The fourth-order valence-corrected chi connectivity index (χ4v) is 4.82. The van der Waals surface area contributed by atoms with E-state index in [0.29, 0.717) is 11.5 Å². The summed E-state index contributed by atoms with van der Waals surface area (Å²) in [5, 5.41) is 35.1. The van der Waals surface area contributed by atoms with Gasteiger partial charge >= 0.3 is 0 Å². The van der Waals surface area contributed by atoms with Crippen molar-refractivity contribution in [2.24, 2.45) is 0 Å². The molecule has 0 atom stereocenters. The molecule has 0 spiro atoms. The smallest absolute Gasteiger partial charge is 0.163 e. The maximum atomic E-state index is 9.21. The first-order valence-electron chi connectivity index (χ1n) is 19.7. The maximum absolute atomic E-state index is 9.21. The first kappa shape index (κ1) is 51.1. The molecule has 8 rings (SSSR count). The van der Waals surface area contributed by atoms with Gasteiger partial charge in [0.2, 0.25) is 0 Å². The second-order valence-electron chi connectivity index (χ2n) is 12.8. The highest BCUT2D eigenvalue weighted by molar-refractivity contribution is 5.45. The zero-order valence-corrected chi connectivity index (χ0v) is 36.6. The molecule has 0 saturated carbocycles. The molecule has 63 heavy (non-hydrogen) atoms. The van der Waals surface area contributed by atoms with Crippen LogP contribution in [0.1, 0.15) is 11.1 Å². The van der Waals surface area contributed by atoms with Crippen LogP contribution in [0, 0.1) is 13.8 Å². The molecule has 8 aromatic carbocycles. The minimum Gasteiger partial charge on any atom is -0.508 e. The van der Waals surface area contributed by atoms with Gasteiger partial charge in [0.1, 0.15) is 46.0 Å². The average molecular weight is 851 g/mol. The van der Waals surface area contributed by atoms with Gasteiger partial charge in [0, 0.05) is 12.1 Å². The Balaban J connectivity index is 0.000000257. The van der Waals surface area contributed by atoms with Crippen molar-refractivity contribution < 1.29 is 44.1 Å². The van der Waals surface area contributed by atoms with Crippen LogP contribution in [0.25, 0.3) is 0 Å². The van der Waals surface area contributed by atoms with Crippen molar-refractivity contribution >= 4 is 0 Å². The molecule has 0 radical (unpaired) electrons. The molecule has 0 aliphatic heterocycles. The molecular formula is C54H58O9. The standard InChI is InChI=1S/C12H10O2.C9H12O2.C8H10O.C7H8O.C6H6O2.C6H6O.C6H6/c13-10-5-4-8-12(9-10)14-11-6-2-1-3-7-11;1-7-5-4-6-8(10-2)9(7)11-3;1-7-4-3-5-8(6-7)9-2;1-8-7-5-3-2-4-6-7;7-5-2-1-3-6(8)4-5;7-6-4-2-1-3-5-6;1-2-4-6-5-3-1/h1-9,13H;4-6H,1-3H3;3-6H,1-2H3;2-6H,1H3;1-4,7-8H;1-5,7H;1-6H. The van der Waals surface area contributed by atoms with Gasteiger partial charge in [-0.3, -0.25) is 0 Å². The molecule has 4 N–H and O–H groups in total. The van der Waals surface area contributed by atoms with Gasteiger partial charge in [-0.05, 0) is 104 Å². The van der Waals surface area contributed by atoms with Crippen LogP contribution < -0.4 is 23.7 Å². The third-order valence-corrected chi connectivity index (χ3v) is 7.85. The van der Waals surface area contributed by atoms with Crippen LogP contribution in [0.4, 0.5) is 0 Å². The molecule has 0 saturated heterocycles. The number of aromatic hydroxyl groups is 4. The monoisotopic (exact) mass is 850 g/mol. The normalized spacial score (nSPS) is 9.05. The molecule has 0 aliphatic carbocycles. The van der Waals surface area contributed by atoms with Crippen molar-refractivity contribution in [3.63, 3.8) is 0 Å². The minimum absolute atomic E-state index is 0.0880. The number of hydrogen-bond donors (Lipinski definition) is 4. The van der Waals surface area contributed by atoms with Crippen molar-refractivity contribution in [1.29, 1.82) is 0 Å². The van der Waals surface area contributed by atoms with E-state index in [1.165, 1.54) is 23.8 Å². The number of phenols is 4. The molecular weight excluding hydrogens is 793 g/mol. The summed E-state index contributed by atoms with van der Waals surface area (Å²) in [4.78, 5) is 0. The second kappa shape index (κ2) is 31.8. The van der Waals surface area contributed by atoms with Gasteiger partial charge in [-0.15, -0.1) is 0 Å². The van der Waals surface area contributed by atoms with Crippen LogP contribution in [0.3, 0.4) is 0 Å². The fourth-order valence-electron chi connectivity index (χ4n) is 4.82. The first-order valence-corrected chi connectivity index (χ1v) is 19.7. The number of ether oxygens (including phenoxy) is 5. The van der Waals surface area contributed by atoms with Crippen LogP contribution in [0.15, 0.2) is 218 Å². The van der Waals surface area contributed by atoms with Gasteiger partial charge in [0.05, 0.1) is 28.4 Å². The summed E-state index contributed by atoms with van der Waals surface area (Å²) >= 11 is 0. The minimum atomic E-state index is 0.0880. The van der Waals surface area contributed by atoms with E-state index in [4.69, 9.17) is 39.0 Å². The highest BCUT2D eigenvalue weighted by Gasteiger charge is 2.03. The third kappa shape index (κ3) is 24.0. The Hall–Kier alpha value is -8.04. The predicted molar refractivity (Wildman–Crippen MR) is 254 cm³/mol. The van der Waals surface area contributed by atoms with Crippen LogP contribution in [-0.4, -0.2) is 48.9 Å². The fraction of sp³-hybridized carbons (Fsp3) is 0.111. The van der Waals surface area contributed by atoms with Gasteiger partial charge in [0.25, 0.3) is 0 Å². The second-order valence-corrected chi connectivity index (χ2v) is 12.8. The van der Waals surface area contributed by atoms with Crippen LogP contribution in [0.2, 0.25) is 0 Å². The Morgan fingerprint density at radius 2 is 0.698 bits per heavy atom. The molecule has 0 aromatic heterocycles. The Labute approximate surface area is 372 Å². The van der Waals surface area contributed by atoms with Crippen LogP contribution in [-0.2, 0) is 0 Å².